The van der Waals surface area contributed by atoms with E-state index in [-0.39, 0.29) is 5.71 Å². The molecule has 0 saturated carbocycles. The van der Waals surface area contributed by atoms with Crippen LogP contribution in [-0.2, 0) is 9.63 Å². The maximum absolute atomic E-state index is 10.9. The Labute approximate surface area is 84.0 Å². The van der Waals surface area contributed by atoms with Crippen molar-refractivity contribution in [1.29, 1.82) is 0 Å². The van der Waals surface area contributed by atoms with Crippen molar-refractivity contribution in [3.63, 3.8) is 0 Å². The molecule has 0 amide bonds. The van der Waals surface area contributed by atoms with Gasteiger partial charge in [0.15, 0.2) is 10.8 Å². The van der Waals surface area contributed by atoms with Crippen LogP contribution in [0.1, 0.15) is 5.69 Å². The van der Waals surface area contributed by atoms with Gasteiger partial charge in [-0.1, -0.05) is 17.8 Å². The van der Waals surface area contributed by atoms with Crippen molar-refractivity contribution in [2.24, 2.45) is 5.16 Å². The van der Waals surface area contributed by atoms with Crippen molar-refractivity contribution >= 4 is 39.9 Å². The number of aromatic nitrogens is 1. The van der Waals surface area contributed by atoms with Crippen LogP contribution in [0.3, 0.4) is 0 Å². The standard InChI is InChI=1S/C6H7N3O2S2/c1-11-9-4(5(10)12)3-2-13-6(7)8-3/h2H,1H3,(H2,7,8)(H,10,12). The number of rotatable bonds is 3. The Morgan fingerprint density at radius 3 is 2.92 bits per heavy atom. The van der Waals surface area contributed by atoms with Crippen LogP contribution in [0.5, 0.6) is 0 Å². The molecule has 0 fully saturated rings. The highest BCUT2D eigenvalue weighted by Gasteiger charge is 2.14. The fourth-order valence-electron chi connectivity index (χ4n) is 0.683. The number of anilines is 1. The maximum Gasteiger partial charge on any atom is 0.240 e. The number of nitrogens with zero attached hydrogens (tertiary/aromatic N) is 2. The summed E-state index contributed by atoms with van der Waals surface area (Å²) in [6, 6.07) is 0. The molecule has 1 aromatic heterocycles. The third-order valence-corrected chi connectivity index (χ3v) is 2.04. The highest BCUT2D eigenvalue weighted by atomic mass is 32.1. The molecule has 0 aliphatic rings. The second-order valence-electron chi connectivity index (χ2n) is 2.00. The highest BCUT2D eigenvalue weighted by molar-refractivity contribution is 7.99. The number of carbonyl (C=O) groups excluding carboxylic acids is 1. The predicted octanol–water partition coefficient (Wildman–Crippen LogP) is 0.532. The van der Waals surface area contributed by atoms with Crippen LogP contribution in [0, 0.1) is 0 Å². The van der Waals surface area contributed by atoms with E-state index >= 15 is 0 Å². The molecule has 0 aromatic carbocycles. The molecule has 0 spiro atoms. The van der Waals surface area contributed by atoms with Gasteiger partial charge in [-0.2, -0.15) is 0 Å². The van der Waals surface area contributed by atoms with Crippen LogP contribution in [0.2, 0.25) is 0 Å². The number of thiazole rings is 1. The Balaban J connectivity index is 3.02. The monoisotopic (exact) mass is 217 g/mol. The summed E-state index contributed by atoms with van der Waals surface area (Å²) < 4.78 is 0. The minimum Gasteiger partial charge on any atom is -0.398 e. The van der Waals surface area contributed by atoms with Crippen LogP contribution in [0.25, 0.3) is 0 Å². The van der Waals surface area contributed by atoms with Crippen molar-refractivity contribution in [2.75, 3.05) is 12.8 Å². The Hall–Kier alpha value is -1.08. The maximum atomic E-state index is 10.9. The largest absolute Gasteiger partial charge is 0.398 e. The zero-order chi connectivity index (χ0) is 9.84. The lowest BCUT2D eigenvalue weighted by Gasteiger charge is -1.94. The molecule has 5 nitrogen and oxygen atoms in total. The first kappa shape index (κ1) is 10.0. The van der Waals surface area contributed by atoms with Crippen LogP contribution in [0.4, 0.5) is 5.13 Å². The molecule has 0 aliphatic heterocycles. The number of nitrogen functional groups attached to an aromatic ring is 1. The van der Waals surface area contributed by atoms with E-state index in [1.807, 2.05) is 0 Å². The molecule has 1 aromatic rings. The van der Waals surface area contributed by atoms with Gasteiger partial charge in [0.2, 0.25) is 5.12 Å². The lowest BCUT2D eigenvalue weighted by molar-refractivity contribution is -0.105. The van der Waals surface area contributed by atoms with Gasteiger partial charge in [-0.05, 0) is 0 Å². The van der Waals surface area contributed by atoms with Crippen LogP contribution < -0.4 is 5.73 Å². The minimum absolute atomic E-state index is 0.0544. The van der Waals surface area contributed by atoms with Crippen molar-refractivity contribution in [3.05, 3.63) is 11.1 Å². The van der Waals surface area contributed by atoms with Gasteiger partial charge in [0.25, 0.3) is 0 Å². The van der Waals surface area contributed by atoms with E-state index in [2.05, 4.69) is 27.6 Å². The number of oxime groups is 1. The van der Waals surface area contributed by atoms with Crippen molar-refractivity contribution in [3.8, 4) is 0 Å². The van der Waals surface area contributed by atoms with Crippen molar-refractivity contribution < 1.29 is 9.63 Å². The van der Waals surface area contributed by atoms with Crippen molar-refractivity contribution in [2.45, 2.75) is 0 Å². The van der Waals surface area contributed by atoms with Gasteiger partial charge in [0.05, 0.1) is 0 Å². The predicted molar refractivity (Wildman–Crippen MR) is 54.1 cm³/mol. The van der Waals surface area contributed by atoms with E-state index < -0.39 is 5.12 Å². The third kappa shape index (κ3) is 2.43. The van der Waals surface area contributed by atoms with E-state index in [1.165, 1.54) is 18.4 Å². The molecule has 0 atom stereocenters. The van der Waals surface area contributed by atoms with E-state index in [1.54, 1.807) is 5.38 Å². The molecule has 0 unspecified atom stereocenters. The molecular weight excluding hydrogens is 210 g/mol. The van der Waals surface area contributed by atoms with Gasteiger partial charge in [0, 0.05) is 5.38 Å². The SMILES string of the molecule is CON=C(C(=O)S)c1csc(N)n1. The average Bonchev–Trinajstić information content (AvgIpc) is 2.46. The summed E-state index contributed by atoms with van der Waals surface area (Å²) in [5.74, 6) is 0. The van der Waals surface area contributed by atoms with Gasteiger partial charge in [-0.3, -0.25) is 4.79 Å². The number of nitrogens with two attached hydrogens (primary N) is 1. The second kappa shape index (κ2) is 4.24. The average molecular weight is 217 g/mol. The molecule has 2 N–H and O–H groups in total. The molecule has 7 heteroatoms. The highest BCUT2D eigenvalue weighted by Crippen LogP contribution is 2.13. The summed E-state index contributed by atoms with van der Waals surface area (Å²) >= 11 is 4.84. The molecule has 0 aliphatic carbocycles. The summed E-state index contributed by atoms with van der Waals surface area (Å²) in [5.41, 5.74) is 5.82. The van der Waals surface area contributed by atoms with Crippen molar-refractivity contribution in [1.82, 2.24) is 4.98 Å². The van der Waals surface area contributed by atoms with Gasteiger partial charge in [0.1, 0.15) is 12.8 Å². The topological polar surface area (TPSA) is 77.6 Å². The number of carbonyl (C=O) groups is 1. The quantitative estimate of drug-likeness (QED) is 0.440. The fourth-order valence-corrected chi connectivity index (χ4v) is 1.39. The van der Waals surface area contributed by atoms with E-state index in [9.17, 15) is 4.79 Å². The Morgan fingerprint density at radius 1 is 1.85 bits per heavy atom. The number of thiol groups is 1. The molecule has 1 heterocycles. The summed E-state index contributed by atoms with van der Waals surface area (Å²) in [6.45, 7) is 0. The third-order valence-electron chi connectivity index (χ3n) is 1.15. The van der Waals surface area contributed by atoms with Gasteiger partial charge < -0.3 is 10.6 Å². The first-order valence-corrected chi connectivity index (χ1v) is 4.53. The summed E-state index contributed by atoms with van der Waals surface area (Å²) in [5, 5.41) is 4.96. The molecular formula is C6H7N3O2S2. The van der Waals surface area contributed by atoms with Gasteiger partial charge in [-0.25, -0.2) is 4.98 Å². The van der Waals surface area contributed by atoms with E-state index in [0.717, 1.165) is 0 Å². The molecule has 70 valence electrons. The Bertz CT molecular complexity index is 347. The Morgan fingerprint density at radius 2 is 2.54 bits per heavy atom. The van der Waals surface area contributed by atoms with E-state index in [4.69, 9.17) is 5.73 Å². The van der Waals surface area contributed by atoms with Crippen LogP contribution >= 0.6 is 24.0 Å². The number of hydrogen-bond acceptors (Lipinski definition) is 6. The van der Waals surface area contributed by atoms with Gasteiger partial charge in [-0.15, -0.1) is 11.3 Å². The first-order chi connectivity index (χ1) is 6.15. The van der Waals surface area contributed by atoms with Crippen LogP contribution in [-0.4, -0.2) is 22.9 Å². The van der Waals surface area contributed by atoms with Gasteiger partial charge >= 0.3 is 0 Å². The summed E-state index contributed by atoms with van der Waals surface area (Å²) in [6.07, 6.45) is 0. The molecule has 0 saturated heterocycles. The molecule has 0 radical (unpaired) electrons. The first-order valence-electron chi connectivity index (χ1n) is 3.21. The second-order valence-corrected chi connectivity index (χ2v) is 3.29. The summed E-state index contributed by atoms with van der Waals surface area (Å²) in [7, 11) is 1.34. The zero-order valence-electron chi connectivity index (χ0n) is 6.72. The minimum atomic E-state index is -0.507. The fraction of sp³-hybridized carbons (Fsp3) is 0.167. The molecule has 1 rings (SSSR count). The Kier molecular flexibility index (Phi) is 3.26. The van der Waals surface area contributed by atoms with E-state index in [0.29, 0.717) is 10.8 Å². The lowest BCUT2D eigenvalue weighted by atomic mass is 10.3. The normalized spacial score (nSPS) is 11.4. The van der Waals surface area contributed by atoms with Crippen LogP contribution in [0.15, 0.2) is 10.5 Å². The lowest BCUT2D eigenvalue weighted by Crippen LogP contribution is -2.10. The molecule has 13 heavy (non-hydrogen) atoms. The molecule has 0 bridgehead atoms. The summed E-state index contributed by atoms with van der Waals surface area (Å²) in [4.78, 5) is 19.3. The zero-order valence-corrected chi connectivity index (χ0v) is 8.43. The number of hydrogen-bond donors (Lipinski definition) is 2. The smallest absolute Gasteiger partial charge is 0.240 e.